The smallest absolute Gasteiger partial charge is 0.246 e. The van der Waals surface area contributed by atoms with Crippen molar-refractivity contribution in [1.82, 2.24) is 19.9 Å². The number of carbonyl (C=O) groups is 1. The highest BCUT2D eigenvalue weighted by molar-refractivity contribution is 5.93. The number of rotatable bonds is 3. The monoisotopic (exact) mass is 431 g/mol. The zero-order valence-electron chi connectivity index (χ0n) is 18.9. The Bertz CT molecular complexity index is 1200. The fraction of sp³-hybridized carbons (Fsp3) is 0.400. The third-order valence-electron chi connectivity index (χ3n) is 6.74. The van der Waals surface area contributed by atoms with Gasteiger partial charge in [0.05, 0.1) is 30.5 Å². The summed E-state index contributed by atoms with van der Waals surface area (Å²) in [5.41, 5.74) is 3.49. The lowest BCUT2D eigenvalue weighted by Gasteiger charge is -2.44. The molecule has 0 aliphatic carbocycles. The van der Waals surface area contributed by atoms with Crippen molar-refractivity contribution < 1.29 is 9.53 Å². The van der Waals surface area contributed by atoms with Crippen LogP contribution in [0, 0.1) is 0 Å². The maximum atomic E-state index is 12.7. The number of aromatic nitrogens is 3. The quantitative estimate of drug-likeness (QED) is 0.641. The second-order valence-electron chi connectivity index (χ2n) is 9.06. The molecule has 0 unspecified atom stereocenters. The molecule has 2 aliphatic rings. The maximum Gasteiger partial charge on any atom is 0.246 e. The minimum atomic E-state index is -0.577. The number of amides is 1. The van der Waals surface area contributed by atoms with Crippen molar-refractivity contribution in [2.24, 2.45) is 0 Å². The van der Waals surface area contributed by atoms with E-state index >= 15 is 0 Å². The topological polar surface area (TPSA) is 74.3 Å². The predicted octanol–water partition coefficient (Wildman–Crippen LogP) is 3.66. The fourth-order valence-corrected chi connectivity index (χ4v) is 5.02. The minimum absolute atomic E-state index is 0.0742. The maximum absolute atomic E-state index is 12.7. The van der Waals surface area contributed by atoms with E-state index in [1.54, 1.807) is 0 Å². The van der Waals surface area contributed by atoms with Gasteiger partial charge >= 0.3 is 0 Å². The first-order valence-corrected chi connectivity index (χ1v) is 11.2. The number of aromatic amines is 1. The number of nitrogens with zero attached hydrogens (tertiary/aromatic N) is 4. The lowest BCUT2D eigenvalue weighted by molar-refractivity contribution is -0.132. The van der Waals surface area contributed by atoms with Gasteiger partial charge in [-0.25, -0.2) is 9.97 Å². The Balaban J connectivity index is 1.75. The van der Waals surface area contributed by atoms with E-state index in [2.05, 4.69) is 55.4 Å². The van der Waals surface area contributed by atoms with E-state index in [0.29, 0.717) is 32.0 Å². The number of anilines is 1. The predicted molar refractivity (Wildman–Crippen MR) is 126 cm³/mol. The molecular formula is C25H29N5O2. The normalized spacial score (nSPS) is 20.3. The summed E-state index contributed by atoms with van der Waals surface area (Å²) in [7, 11) is 0. The molecule has 2 aromatic heterocycles. The van der Waals surface area contributed by atoms with Crippen LogP contribution in [0.1, 0.15) is 32.0 Å². The minimum Gasteiger partial charge on any atom is -0.377 e. The highest BCUT2D eigenvalue weighted by Gasteiger charge is 2.41. The first-order chi connectivity index (χ1) is 15.4. The number of hydrogen-bond donors (Lipinski definition) is 1. The number of H-pyrrole nitrogens is 1. The number of carbonyl (C=O) groups excluding carboxylic acids is 1. The summed E-state index contributed by atoms with van der Waals surface area (Å²) in [6.07, 6.45) is 4.04. The van der Waals surface area contributed by atoms with Gasteiger partial charge in [-0.3, -0.25) is 4.79 Å². The third-order valence-corrected chi connectivity index (χ3v) is 6.74. The summed E-state index contributed by atoms with van der Waals surface area (Å²) in [6.45, 7) is 12.7. The first-order valence-electron chi connectivity index (χ1n) is 11.2. The van der Waals surface area contributed by atoms with Gasteiger partial charge in [-0.15, -0.1) is 0 Å². The van der Waals surface area contributed by atoms with Gasteiger partial charge < -0.3 is 19.5 Å². The highest BCUT2D eigenvalue weighted by Crippen LogP contribution is 2.40. The van der Waals surface area contributed by atoms with E-state index in [4.69, 9.17) is 14.7 Å². The summed E-state index contributed by atoms with van der Waals surface area (Å²) in [5, 5.41) is 1.08. The molecule has 7 heteroatoms. The Kier molecular flexibility index (Phi) is 5.01. The van der Waals surface area contributed by atoms with Crippen LogP contribution in [0.15, 0.2) is 43.1 Å². The molecule has 1 N–H and O–H groups in total. The van der Waals surface area contributed by atoms with E-state index < -0.39 is 5.54 Å². The van der Waals surface area contributed by atoms with Crippen molar-refractivity contribution >= 4 is 22.6 Å². The lowest BCUT2D eigenvalue weighted by Crippen LogP contribution is -2.51. The largest absolute Gasteiger partial charge is 0.377 e. The van der Waals surface area contributed by atoms with Gasteiger partial charge in [-0.1, -0.05) is 18.7 Å². The van der Waals surface area contributed by atoms with Crippen LogP contribution in [0.5, 0.6) is 0 Å². The van der Waals surface area contributed by atoms with Crippen molar-refractivity contribution in [2.45, 2.75) is 38.8 Å². The van der Waals surface area contributed by atoms with Gasteiger partial charge in [0.2, 0.25) is 5.91 Å². The number of morpholine rings is 1. The number of ether oxygens (including phenoxy) is 1. The molecule has 7 nitrogen and oxygen atoms in total. The zero-order valence-corrected chi connectivity index (χ0v) is 18.9. The molecule has 0 bridgehead atoms. The van der Waals surface area contributed by atoms with E-state index in [0.717, 1.165) is 40.1 Å². The van der Waals surface area contributed by atoms with Gasteiger partial charge in [-0.2, -0.15) is 0 Å². The SMILES string of the molecule is C=CC(=O)N1CCc2c(N3CCOC[C@H]3C)nc(-c3cccc4[nH]ccc34)nc2C1(C)C. The zero-order chi connectivity index (χ0) is 22.5. The Morgan fingerprint density at radius 3 is 2.91 bits per heavy atom. The Morgan fingerprint density at radius 1 is 1.28 bits per heavy atom. The van der Waals surface area contributed by atoms with Crippen LogP contribution < -0.4 is 4.90 Å². The van der Waals surface area contributed by atoms with Crippen molar-refractivity contribution in [2.75, 3.05) is 31.2 Å². The van der Waals surface area contributed by atoms with E-state index in [-0.39, 0.29) is 11.9 Å². The molecule has 1 saturated heterocycles. The molecular weight excluding hydrogens is 402 g/mol. The second kappa shape index (κ2) is 7.74. The molecule has 5 rings (SSSR count). The van der Waals surface area contributed by atoms with Crippen LogP contribution in [0.2, 0.25) is 0 Å². The van der Waals surface area contributed by atoms with Gasteiger partial charge in [0.1, 0.15) is 5.82 Å². The standard InChI is InChI=1S/C25H29N5O2/c1-5-21(31)30-12-10-19-22(25(30,3)4)27-23(18-7-6-8-20-17(18)9-11-26-20)28-24(19)29-13-14-32-15-16(29)2/h5-9,11,16,26H,1,10,12-15H2,2-4H3/t16-/m1/s1. The molecule has 3 aromatic rings. The van der Waals surface area contributed by atoms with Gasteiger partial charge in [0.15, 0.2) is 5.82 Å². The summed E-state index contributed by atoms with van der Waals surface area (Å²) in [6, 6.07) is 8.41. The number of nitrogens with one attached hydrogen (secondary N) is 1. The lowest BCUT2D eigenvalue weighted by atomic mass is 9.87. The first kappa shape index (κ1) is 20.7. The highest BCUT2D eigenvalue weighted by atomic mass is 16.5. The van der Waals surface area contributed by atoms with Crippen LogP contribution in [0.25, 0.3) is 22.3 Å². The Morgan fingerprint density at radius 2 is 2.12 bits per heavy atom. The van der Waals surface area contributed by atoms with Crippen LogP contribution in [0.4, 0.5) is 5.82 Å². The van der Waals surface area contributed by atoms with Gasteiger partial charge in [0, 0.05) is 41.3 Å². The summed E-state index contributed by atoms with van der Waals surface area (Å²) < 4.78 is 5.69. The van der Waals surface area contributed by atoms with Crippen LogP contribution in [0.3, 0.4) is 0 Å². The summed E-state index contributed by atoms with van der Waals surface area (Å²) in [4.78, 5) is 30.4. The molecule has 1 fully saturated rings. The molecule has 2 aliphatic heterocycles. The third kappa shape index (κ3) is 3.19. The molecule has 0 radical (unpaired) electrons. The number of benzene rings is 1. The molecule has 166 valence electrons. The molecule has 0 saturated carbocycles. The molecule has 1 amide bonds. The second-order valence-corrected chi connectivity index (χ2v) is 9.06. The van der Waals surface area contributed by atoms with Crippen molar-refractivity contribution in [1.29, 1.82) is 0 Å². The molecule has 32 heavy (non-hydrogen) atoms. The summed E-state index contributed by atoms with van der Waals surface area (Å²) in [5.74, 6) is 1.57. The van der Waals surface area contributed by atoms with Crippen LogP contribution in [-0.2, 0) is 21.5 Å². The molecule has 1 aromatic carbocycles. The average Bonchev–Trinajstić information content (AvgIpc) is 3.27. The van der Waals surface area contributed by atoms with Crippen molar-refractivity contribution in [3.63, 3.8) is 0 Å². The molecule has 0 spiro atoms. The van der Waals surface area contributed by atoms with E-state index in [1.165, 1.54) is 6.08 Å². The van der Waals surface area contributed by atoms with Gasteiger partial charge in [-0.05, 0) is 45.4 Å². The van der Waals surface area contributed by atoms with Gasteiger partial charge in [0.25, 0.3) is 0 Å². The van der Waals surface area contributed by atoms with Crippen LogP contribution in [-0.4, -0.2) is 58.1 Å². The summed E-state index contributed by atoms with van der Waals surface area (Å²) >= 11 is 0. The van der Waals surface area contributed by atoms with Crippen molar-refractivity contribution in [3.05, 3.63) is 54.4 Å². The molecule has 1 atom stereocenters. The molecule has 4 heterocycles. The number of hydrogen-bond acceptors (Lipinski definition) is 5. The van der Waals surface area contributed by atoms with Crippen molar-refractivity contribution in [3.8, 4) is 11.4 Å². The Hall–Kier alpha value is -3.19. The van der Waals surface area contributed by atoms with Crippen LogP contribution >= 0.6 is 0 Å². The average molecular weight is 432 g/mol. The Labute approximate surface area is 188 Å². The van der Waals surface area contributed by atoms with E-state index in [9.17, 15) is 4.79 Å². The number of fused-ring (bicyclic) bond motifs is 2. The van der Waals surface area contributed by atoms with E-state index in [1.807, 2.05) is 17.2 Å². The fourth-order valence-electron chi connectivity index (χ4n) is 5.02.